The Morgan fingerprint density at radius 2 is 1.84 bits per heavy atom. The van der Waals surface area contributed by atoms with Crippen molar-refractivity contribution in [3.8, 4) is 17.2 Å². The number of nitrogens with one attached hydrogen (secondary N) is 2. The molecule has 1 amide bonds. The van der Waals surface area contributed by atoms with E-state index in [2.05, 4.69) is 21.7 Å². The number of nitriles is 1. The number of ether oxygens (including phenoxy) is 1. The average Bonchev–Trinajstić information content (AvgIpc) is 2.72. The van der Waals surface area contributed by atoms with E-state index in [9.17, 15) is 10.1 Å². The lowest BCUT2D eigenvalue weighted by atomic mass is 10.0. The summed E-state index contributed by atoms with van der Waals surface area (Å²) in [7, 11) is 0. The Labute approximate surface area is 182 Å². The van der Waals surface area contributed by atoms with E-state index >= 15 is 0 Å². The number of carbonyl (C=O) groups excluding carboxylic acids is 1. The molecule has 0 saturated carbocycles. The highest BCUT2D eigenvalue weighted by atomic mass is 16.6. The van der Waals surface area contributed by atoms with Crippen LogP contribution < -0.4 is 10.6 Å². The molecular weight excluding hydrogens is 388 g/mol. The summed E-state index contributed by atoms with van der Waals surface area (Å²) in [6.07, 6.45) is -0.466. The van der Waals surface area contributed by atoms with E-state index in [1.54, 1.807) is 0 Å². The fourth-order valence-corrected chi connectivity index (χ4v) is 3.08. The topological polar surface area (TPSA) is 87.0 Å². The van der Waals surface area contributed by atoms with Gasteiger partial charge in [-0.25, -0.2) is 9.78 Å². The van der Waals surface area contributed by atoms with Crippen molar-refractivity contribution in [2.24, 2.45) is 0 Å². The third-order valence-corrected chi connectivity index (χ3v) is 4.44. The quantitative estimate of drug-likeness (QED) is 0.559. The van der Waals surface area contributed by atoms with Crippen molar-refractivity contribution in [3.63, 3.8) is 0 Å². The van der Waals surface area contributed by atoms with Crippen LogP contribution in [0.2, 0.25) is 0 Å². The van der Waals surface area contributed by atoms with Gasteiger partial charge in [-0.15, -0.1) is 0 Å². The molecule has 0 unspecified atom stereocenters. The van der Waals surface area contributed by atoms with Crippen LogP contribution in [0, 0.1) is 18.3 Å². The first-order valence-corrected chi connectivity index (χ1v) is 10.0. The van der Waals surface area contributed by atoms with Crippen LogP contribution in [0.15, 0.2) is 60.7 Å². The Bertz CT molecular complexity index is 1110. The predicted molar refractivity (Wildman–Crippen MR) is 122 cm³/mol. The minimum atomic E-state index is -0.545. The van der Waals surface area contributed by atoms with Gasteiger partial charge in [0.1, 0.15) is 17.5 Å². The third kappa shape index (κ3) is 6.06. The number of carbonyl (C=O) groups is 1. The fraction of sp³-hybridized carbons (Fsp3) is 0.240. The summed E-state index contributed by atoms with van der Waals surface area (Å²) in [5.74, 6) is 0.497. The highest BCUT2D eigenvalue weighted by Gasteiger charge is 2.16. The lowest BCUT2D eigenvalue weighted by Crippen LogP contribution is -2.32. The van der Waals surface area contributed by atoms with Crippen molar-refractivity contribution in [1.29, 1.82) is 5.26 Å². The van der Waals surface area contributed by atoms with Gasteiger partial charge in [0.2, 0.25) is 0 Å². The number of hydrogen-bond donors (Lipinski definition) is 2. The normalized spacial score (nSPS) is 10.8. The Morgan fingerprint density at radius 1 is 1.10 bits per heavy atom. The van der Waals surface area contributed by atoms with E-state index in [0.29, 0.717) is 17.9 Å². The molecule has 158 valence electrons. The highest BCUT2D eigenvalue weighted by Crippen LogP contribution is 2.28. The number of rotatable bonds is 5. The molecule has 0 fully saturated rings. The molecule has 0 aliphatic carbocycles. The molecule has 0 aliphatic heterocycles. The molecule has 6 heteroatoms. The Balaban J connectivity index is 1.77. The third-order valence-electron chi connectivity index (χ3n) is 4.44. The minimum Gasteiger partial charge on any atom is -0.444 e. The van der Waals surface area contributed by atoms with Gasteiger partial charge in [0.15, 0.2) is 0 Å². The van der Waals surface area contributed by atoms with Crippen molar-refractivity contribution >= 4 is 17.6 Å². The summed E-state index contributed by atoms with van der Waals surface area (Å²) in [5.41, 5.74) is 4.36. The van der Waals surface area contributed by atoms with Crippen LogP contribution in [0.25, 0.3) is 11.1 Å². The van der Waals surface area contributed by atoms with Crippen LogP contribution in [0.3, 0.4) is 0 Å². The predicted octanol–water partition coefficient (Wildman–Crippen LogP) is 5.70. The minimum absolute atomic E-state index is 0.328. The molecule has 0 radical (unpaired) electrons. The smallest absolute Gasteiger partial charge is 0.407 e. The Kier molecular flexibility index (Phi) is 6.56. The van der Waals surface area contributed by atoms with Crippen molar-refractivity contribution in [2.75, 3.05) is 5.32 Å². The van der Waals surface area contributed by atoms with Gasteiger partial charge in [0.25, 0.3) is 0 Å². The van der Waals surface area contributed by atoms with Gasteiger partial charge in [-0.05, 0) is 57.0 Å². The number of pyridine rings is 1. The van der Waals surface area contributed by atoms with Gasteiger partial charge in [-0.3, -0.25) is 0 Å². The monoisotopic (exact) mass is 414 g/mol. The molecule has 3 rings (SSSR count). The number of hydrogen-bond acceptors (Lipinski definition) is 5. The van der Waals surface area contributed by atoms with Gasteiger partial charge in [0, 0.05) is 23.5 Å². The summed E-state index contributed by atoms with van der Waals surface area (Å²) < 4.78 is 5.26. The van der Waals surface area contributed by atoms with E-state index in [0.717, 1.165) is 28.1 Å². The number of anilines is 2. The summed E-state index contributed by atoms with van der Waals surface area (Å²) in [6, 6.07) is 21.5. The molecule has 1 heterocycles. The number of aryl methyl sites for hydroxylation is 1. The molecule has 0 aliphatic rings. The number of aromatic nitrogens is 1. The number of benzene rings is 2. The second-order valence-electron chi connectivity index (χ2n) is 8.18. The first-order valence-electron chi connectivity index (χ1n) is 10.0. The summed E-state index contributed by atoms with van der Waals surface area (Å²) in [5, 5.41) is 15.6. The maximum Gasteiger partial charge on any atom is 0.407 e. The van der Waals surface area contributed by atoms with Crippen LogP contribution in [0.4, 0.5) is 16.3 Å². The van der Waals surface area contributed by atoms with Gasteiger partial charge in [-0.2, -0.15) is 5.26 Å². The molecule has 0 atom stereocenters. The van der Waals surface area contributed by atoms with Crippen LogP contribution in [0.1, 0.15) is 37.6 Å². The van der Waals surface area contributed by atoms with Gasteiger partial charge in [-0.1, -0.05) is 42.5 Å². The highest BCUT2D eigenvalue weighted by molar-refractivity contribution is 5.73. The zero-order valence-electron chi connectivity index (χ0n) is 18.2. The van der Waals surface area contributed by atoms with Crippen LogP contribution in [-0.4, -0.2) is 16.7 Å². The molecule has 2 aromatic carbocycles. The largest absolute Gasteiger partial charge is 0.444 e. The SMILES string of the molecule is Cc1nc(Nc2cccc(CNC(=O)OC(C)(C)C)c2)c(C#N)cc1-c1ccccc1. The zero-order valence-corrected chi connectivity index (χ0v) is 18.2. The van der Waals surface area contributed by atoms with Gasteiger partial charge >= 0.3 is 6.09 Å². The van der Waals surface area contributed by atoms with E-state index in [1.807, 2.05) is 88.4 Å². The molecule has 0 bridgehead atoms. The van der Waals surface area contributed by atoms with Crippen molar-refractivity contribution in [3.05, 3.63) is 77.5 Å². The lowest BCUT2D eigenvalue weighted by molar-refractivity contribution is 0.0523. The van der Waals surface area contributed by atoms with E-state index in [4.69, 9.17) is 4.74 Å². The first-order chi connectivity index (χ1) is 14.7. The first kappa shape index (κ1) is 21.8. The molecule has 1 aromatic heterocycles. The van der Waals surface area contributed by atoms with Gasteiger partial charge in [0.05, 0.1) is 5.56 Å². The Morgan fingerprint density at radius 3 is 2.52 bits per heavy atom. The summed E-state index contributed by atoms with van der Waals surface area (Å²) in [4.78, 5) is 16.5. The number of amides is 1. The van der Waals surface area contributed by atoms with Crippen molar-refractivity contribution < 1.29 is 9.53 Å². The van der Waals surface area contributed by atoms with Crippen molar-refractivity contribution in [1.82, 2.24) is 10.3 Å². The van der Waals surface area contributed by atoms with E-state index < -0.39 is 11.7 Å². The Hall–Kier alpha value is -3.85. The zero-order chi connectivity index (χ0) is 22.4. The maximum absolute atomic E-state index is 11.9. The molecule has 6 nitrogen and oxygen atoms in total. The second kappa shape index (κ2) is 9.31. The maximum atomic E-state index is 11.9. The number of nitrogens with zero attached hydrogens (tertiary/aromatic N) is 2. The van der Waals surface area contributed by atoms with Crippen LogP contribution in [-0.2, 0) is 11.3 Å². The molecule has 0 spiro atoms. The van der Waals surface area contributed by atoms with Crippen LogP contribution >= 0.6 is 0 Å². The summed E-state index contributed by atoms with van der Waals surface area (Å²) >= 11 is 0. The lowest BCUT2D eigenvalue weighted by Gasteiger charge is -2.19. The molecule has 0 saturated heterocycles. The van der Waals surface area contributed by atoms with Crippen LogP contribution in [0.5, 0.6) is 0 Å². The van der Waals surface area contributed by atoms with Gasteiger partial charge < -0.3 is 15.4 Å². The molecule has 2 N–H and O–H groups in total. The standard InChI is InChI=1S/C25H26N4O2/c1-17-22(19-10-6-5-7-11-19)14-20(15-26)23(28-17)29-21-12-8-9-18(13-21)16-27-24(30)31-25(2,3)4/h5-14H,16H2,1-4H3,(H,27,30)(H,28,29). The fourth-order valence-electron chi connectivity index (χ4n) is 3.08. The molecule has 3 aromatic rings. The number of alkyl carbamates (subject to hydrolysis) is 1. The molecule has 31 heavy (non-hydrogen) atoms. The molecular formula is C25H26N4O2. The summed E-state index contributed by atoms with van der Waals surface area (Å²) in [6.45, 7) is 7.72. The van der Waals surface area contributed by atoms with E-state index in [1.165, 1.54) is 0 Å². The average molecular weight is 415 g/mol. The van der Waals surface area contributed by atoms with Crippen molar-refractivity contribution in [2.45, 2.75) is 39.8 Å². The van der Waals surface area contributed by atoms with E-state index in [-0.39, 0.29) is 0 Å². The second-order valence-corrected chi connectivity index (χ2v) is 8.18.